The summed E-state index contributed by atoms with van der Waals surface area (Å²) in [6.45, 7) is 4.11. The Morgan fingerprint density at radius 1 is 1.12 bits per heavy atom. The first kappa shape index (κ1) is 16.6. The maximum absolute atomic E-state index is 12.0. The molecule has 0 radical (unpaired) electrons. The van der Waals surface area contributed by atoms with Crippen LogP contribution < -0.4 is 10.1 Å². The summed E-state index contributed by atoms with van der Waals surface area (Å²) in [6, 6.07) is 15.4. The van der Waals surface area contributed by atoms with E-state index >= 15 is 0 Å². The molecule has 0 spiro atoms. The second-order valence-corrected chi connectivity index (χ2v) is 5.67. The van der Waals surface area contributed by atoms with Crippen molar-refractivity contribution in [1.82, 2.24) is 25.5 Å². The molecule has 0 unspecified atom stereocenters. The van der Waals surface area contributed by atoms with Crippen LogP contribution in [0.2, 0.25) is 0 Å². The van der Waals surface area contributed by atoms with Gasteiger partial charge in [-0.3, -0.25) is 4.79 Å². The third-order valence-corrected chi connectivity index (χ3v) is 3.71. The summed E-state index contributed by atoms with van der Waals surface area (Å²) in [7, 11) is 0. The Hall–Kier alpha value is -3.22. The Morgan fingerprint density at radius 2 is 1.88 bits per heavy atom. The number of hydrogen-bond acceptors (Lipinski definition) is 5. The van der Waals surface area contributed by atoms with Gasteiger partial charge in [0.25, 0.3) is 5.91 Å². The van der Waals surface area contributed by atoms with E-state index in [-0.39, 0.29) is 19.1 Å². The van der Waals surface area contributed by atoms with Crippen LogP contribution in [0.3, 0.4) is 0 Å². The van der Waals surface area contributed by atoms with E-state index in [0.717, 1.165) is 16.8 Å². The molecule has 0 atom stereocenters. The van der Waals surface area contributed by atoms with Crippen LogP contribution in [0.15, 0.2) is 48.5 Å². The molecule has 7 heteroatoms. The summed E-state index contributed by atoms with van der Waals surface area (Å²) in [6.07, 6.45) is 0. The zero-order valence-electron chi connectivity index (χ0n) is 14.1. The molecule has 0 aliphatic carbocycles. The number of benzene rings is 2. The lowest BCUT2D eigenvalue weighted by Crippen LogP contribution is -2.29. The van der Waals surface area contributed by atoms with Crippen LogP contribution in [-0.4, -0.2) is 32.7 Å². The molecule has 0 saturated heterocycles. The Labute approximate surface area is 145 Å². The Morgan fingerprint density at radius 3 is 2.64 bits per heavy atom. The maximum Gasteiger partial charge on any atom is 0.258 e. The number of tetrazole rings is 1. The van der Waals surface area contributed by atoms with Crippen LogP contribution in [0.1, 0.15) is 17.0 Å². The van der Waals surface area contributed by atoms with E-state index in [0.29, 0.717) is 11.6 Å². The minimum absolute atomic E-state index is 0.0586. The highest BCUT2D eigenvalue weighted by atomic mass is 16.5. The summed E-state index contributed by atoms with van der Waals surface area (Å²) in [5.74, 6) is 1.01. The second-order valence-electron chi connectivity index (χ2n) is 5.67. The fourth-order valence-corrected chi connectivity index (χ4v) is 2.29. The molecular formula is C18H19N5O2. The zero-order valence-corrected chi connectivity index (χ0v) is 14.1. The summed E-state index contributed by atoms with van der Waals surface area (Å²) in [5, 5.41) is 14.4. The molecule has 0 aliphatic heterocycles. The average Bonchev–Trinajstić information content (AvgIpc) is 3.08. The molecule has 0 aliphatic rings. The van der Waals surface area contributed by atoms with Gasteiger partial charge in [-0.2, -0.15) is 4.68 Å². The number of aryl methyl sites for hydroxylation is 2. The smallest absolute Gasteiger partial charge is 0.258 e. The lowest BCUT2D eigenvalue weighted by Gasteiger charge is -2.09. The van der Waals surface area contributed by atoms with E-state index in [1.54, 1.807) is 4.68 Å². The van der Waals surface area contributed by atoms with Crippen molar-refractivity contribution in [2.24, 2.45) is 0 Å². The molecule has 1 heterocycles. The van der Waals surface area contributed by atoms with Crippen molar-refractivity contribution in [3.8, 4) is 11.4 Å². The molecule has 3 rings (SSSR count). The third kappa shape index (κ3) is 4.20. The van der Waals surface area contributed by atoms with Gasteiger partial charge in [0.05, 0.1) is 12.2 Å². The molecular weight excluding hydrogens is 318 g/mol. The number of aromatic nitrogens is 4. The van der Waals surface area contributed by atoms with E-state index in [1.165, 1.54) is 0 Å². The fourth-order valence-electron chi connectivity index (χ4n) is 2.29. The minimum atomic E-state index is -0.235. The fraction of sp³-hybridized carbons (Fsp3) is 0.222. The van der Waals surface area contributed by atoms with E-state index in [2.05, 4.69) is 20.8 Å². The van der Waals surface area contributed by atoms with Gasteiger partial charge >= 0.3 is 0 Å². The number of amides is 1. The van der Waals surface area contributed by atoms with Crippen LogP contribution in [0.4, 0.5) is 0 Å². The molecule has 25 heavy (non-hydrogen) atoms. The first-order chi connectivity index (χ1) is 12.1. The zero-order chi connectivity index (χ0) is 17.6. The molecule has 1 amide bonds. The van der Waals surface area contributed by atoms with Gasteiger partial charge in [-0.1, -0.05) is 35.9 Å². The van der Waals surface area contributed by atoms with Gasteiger partial charge in [-0.15, -0.1) is 5.10 Å². The van der Waals surface area contributed by atoms with Crippen molar-refractivity contribution in [1.29, 1.82) is 0 Å². The van der Waals surface area contributed by atoms with Gasteiger partial charge in [-0.25, -0.2) is 0 Å². The van der Waals surface area contributed by atoms with E-state index in [9.17, 15) is 4.79 Å². The molecule has 0 bridgehead atoms. The standard InChI is InChI=1S/C18H19N5O2/c1-13-7-9-15(10-8-13)23-17(20-21-22-23)11-19-18(24)12-25-16-6-4-3-5-14(16)2/h3-10H,11-12H2,1-2H3,(H,19,24). The molecule has 3 aromatic rings. The molecule has 128 valence electrons. The number of hydrogen-bond donors (Lipinski definition) is 1. The minimum Gasteiger partial charge on any atom is -0.484 e. The highest BCUT2D eigenvalue weighted by Crippen LogP contribution is 2.15. The molecule has 0 fully saturated rings. The number of nitrogens with one attached hydrogen (secondary N) is 1. The summed E-state index contributed by atoms with van der Waals surface area (Å²) < 4.78 is 7.13. The highest BCUT2D eigenvalue weighted by molar-refractivity contribution is 5.77. The predicted octanol–water partition coefficient (Wildman–Crippen LogP) is 1.97. The van der Waals surface area contributed by atoms with Gasteiger partial charge in [-0.05, 0) is 48.0 Å². The lowest BCUT2D eigenvalue weighted by atomic mass is 10.2. The number of ether oxygens (including phenoxy) is 1. The largest absolute Gasteiger partial charge is 0.484 e. The summed E-state index contributed by atoms with van der Waals surface area (Å²) >= 11 is 0. The van der Waals surface area contributed by atoms with Gasteiger partial charge in [0.15, 0.2) is 12.4 Å². The first-order valence-electron chi connectivity index (χ1n) is 7.93. The summed E-state index contributed by atoms with van der Waals surface area (Å²) in [5.41, 5.74) is 2.98. The number of rotatable bonds is 6. The quantitative estimate of drug-likeness (QED) is 0.744. The molecule has 1 N–H and O–H groups in total. The normalized spacial score (nSPS) is 10.5. The van der Waals surface area contributed by atoms with Crippen molar-refractivity contribution < 1.29 is 9.53 Å². The number of carbonyl (C=O) groups excluding carboxylic acids is 1. The van der Waals surface area contributed by atoms with Crippen molar-refractivity contribution in [2.75, 3.05) is 6.61 Å². The molecule has 0 saturated carbocycles. The maximum atomic E-state index is 12.0. The molecule has 2 aromatic carbocycles. The first-order valence-corrected chi connectivity index (χ1v) is 7.93. The van der Waals surface area contributed by atoms with E-state index in [1.807, 2.05) is 62.4 Å². The Kier molecular flexibility index (Phi) is 5.03. The van der Waals surface area contributed by atoms with E-state index in [4.69, 9.17) is 4.74 Å². The lowest BCUT2D eigenvalue weighted by molar-refractivity contribution is -0.123. The van der Waals surface area contributed by atoms with Crippen LogP contribution in [-0.2, 0) is 11.3 Å². The van der Waals surface area contributed by atoms with Crippen LogP contribution >= 0.6 is 0 Å². The van der Waals surface area contributed by atoms with Crippen molar-refractivity contribution in [3.05, 3.63) is 65.5 Å². The third-order valence-electron chi connectivity index (χ3n) is 3.71. The van der Waals surface area contributed by atoms with Crippen molar-refractivity contribution in [3.63, 3.8) is 0 Å². The number of nitrogens with zero attached hydrogens (tertiary/aromatic N) is 4. The van der Waals surface area contributed by atoms with Crippen molar-refractivity contribution >= 4 is 5.91 Å². The molecule has 1 aromatic heterocycles. The van der Waals surface area contributed by atoms with Gasteiger partial charge in [0.2, 0.25) is 0 Å². The Bertz CT molecular complexity index is 858. The van der Waals surface area contributed by atoms with Gasteiger partial charge < -0.3 is 10.1 Å². The Balaban J connectivity index is 1.57. The van der Waals surface area contributed by atoms with Crippen LogP contribution in [0, 0.1) is 13.8 Å². The van der Waals surface area contributed by atoms with Crippen LogP contribution in [0.25, 0.3) is 5.69 Å². The van der Waals surface area contributed by atoms with Gasteiger partial charge in [0, 0.05) is 0 Å². The molecule has 7 nitrogen and oxygen atoms in total. The van der Waals surface area contributed by atoms with Crippen molar-refractivity contribution in [2.45, 2.75) is 20.4 Å². The second kappa shape index (κ2) is 7.57. The topological polar surface area (TPSA) is 81.9 Å². The predicted molar refractivity (Wildman–Crippen MR) is 92.4 cm³/mol. The number of para-hydroxylation sites is 1. The SMILES string of the molecule is Cc1ccc(-n2nnnc2CNC(=O)COc2ccccc2C)cc1. The summed E-state index contributed by atoms with van der Waals surface area (Å²) in [4.78, 5) is 12.0. The number of carbonyl (C=O) groups is 1. The van der Waals surface area contributed by atoms with Gasteiger partial charge in [0.1, 0.15) is 5.75 Å². The average molecular weight is 337 g/mol. The van der Waals surface area contributed by atoms with E-state index < -0.39 is 0 Å². The highest BCUT2D eigenvalue weighted by Gasteiger charge is 2.10. The monoisotopic (exact) mass is 337 g/mol. The van der Waals surface area contributed by atoms with Crippen LogP contribution in [0.5, 0.6) is 5.75 Å².